The molecule has 1 aromatic carbocycles. The van der Waals surface area contributed by atoms with Gasteiger partial charge in [-0.1, -0.05) is 0 Å². The van der Waals surface area contributed by atoms with Crippen molar-refractivity contribution >= 4 is 5.78 Å². The second-order valence-electron chi connectivity index (χ2n) is 3.74. The van der Waals surface area contributed by atoms with Crippen LogP contribution in [0.2, 0.25) is 0 Å². The summed E-state index contributed by atoms with van der Waals surface area (Å²) in [6.45, 7) is 6.09. The fraction of sp³-hybridized carbons (Fsp3) is 0.462. The zero-order valence-corrected chi connectivity index (χ0v) is 10.3. The van der Waals surface area contributed by atoms with E-state index in [1.54, 1.807) is 14.0 Å². The van der Waals surface area contributed by atoms with E-state index in [1.807, 2.05) is 26.0 Å². The Labute approximate surface area is 96.4 Å². The molecule has 0 radical (unpaired) electrons. The van der Waals surface area contributed by atoms with Crippen molar-refractivity contribution in [1.82, 2.24) is 0 Å². The highest BCUT2D eigenvalue weighted by Crippen LogP contribution is 2.28. The van der Waals surface area contributed by atoms with Crippen LogP contribution in [0.5, 0.6) is 11.5 Å². The van der Waals surface area contributed by atoms with Gasteiger partial charge in [-0.2, -0.15) is 0 Å². The lowest BCUT2D eigenvalue weighted by Gasteiger charge is -2.13. The highest BCUT2D eigenvalue weighted by molar-refractivity contribution is 5.79. The minimum atomic E-state index is 0.115. The Morgan fingerprint density at radius 3 is 2.50 bits per heavy atom. The predicted molar refractivity (Wildman–Crippen MR) is 63.3 cm³/mol. The molecule has 0 fully saturated rings. The van der Waals surface area contributed by atoms with Gasteiger partial charge < -0.3 is 9.47 Å². The van der Waals surface area contributed by atoms with Gasteiger partial charge in [0.25, 0.3) is 0 Å². The number of carbonyl (C=O) groups excluding carboxylic acids is 1. The highest BCUT2D eigenvalue weighted by Gasteiger charge is 2.10. The Kier molecular flexibility index (Phi) is 4.35. The molecule has 0 aliphatic rings. The van der Waals surface area contributed by atoms with E-state index in [1.165, 1.54) is 0 Å². The molecule has 0 aliphatic carbocycles. The van der Waals surface area contributed by atoms with Crippen molar-refractivity contribution < 1.29 is 14.3 Å². The highest BCUT2D eigenvalue weighted by atomic mass is 16.5. The van der Waals surface area contributed by atoms with E-state index in [4.69, 9.17) is 9.47 Å². The number of rotatable bonds is 5. The van der Waals surface area contributed by atoms with Crippen molar-refractivity contribution in [1.29, 1.82) is 0 Å². The van der Waals surface area contributed by atoms with Crippen LogP contribution in [0, 0.1) is 6.92 Å². The predicted octanol–water partition coefficient (Wildman–Crippen LogP) is 2.53. The summed E-state index contributed by atoms with van der Waals surface area (Å²) in [5, 5.41) is 0. The third-order valence-electron chi connectivity index (χ3n) is 2.32. The fourth-order valence-corrected chi connectivity index (χ4v) is 1.61. The van der Waals surface area contributed by atoms with Crippen molar-refractivity contribution in [3.63, 3.8) is 0 Å². The zero-order chi connectivity index (χ0) is 12.1. The van der Waals surface area contributed by atoms with E-state index in [2.05, 4.69) is 0 Å². The molecule has 0 unspecified atom stereocenters. The summed E-state index contributed by atoms with van der Waals surface area (Å²) in [6.07, 6.45) is 0.378. The van der Waals surface area contributed by atoms with Crippen molar-refractivity contribution in [2.45, 2.75) is 27.2 Å². The Morgan fingerprint density at radius 1 is 1.31 bits per heavy atom. The maximum Gasteiger partial charge on any atom is 0.134 e. The number of hydrogen-bond acceptors (Lipinski definition) is 3. The van der Waals surface area contributed by atoms with Crippen molar-refractivity contribution in [3.8, 4) is 11.5 Å². The van der Waals surface area contributed by atoms with Gasteiger partial charge in [-0.05, 0) is 38.5 Å². The molecular formula is C13H18O3. The van der Waals surface area contributed by atoms with E-state index in [0.717, 1.165) is 22.6 Å². The topological polar surface area (TPSA) is 35.5 Å². The molecule has 16 heavy (non-hydrogen) atoms. The van der Waals surface area contributed by atoms with Crippen molar-refractivity contribution in [2.75, 3.05) is 13.7 Å². The molecular weight excluding hydrogens is 204 g/mol. The van der Waals surface area contributed by atoms with Gasteiger partial charge in [0.15, 0.2) is 0 Å². The molecule has 0 saturated heterocycles. The van der Waals surface area contributed by atoms with Gasteiger partial charge in [-0.25, -0.2) is 0 Å². The second-order valence-corrected chi connectivity index (χ2v) is 3.74. The van der Waals surface area contributed by atoms with E-state index in [0.29, 0.717) is 13.0 Å². The lowest BCUT2D eigenvalue weighted by Crippen LogP contribution is -2.02. The molecule has 0 aromatic heterocycles. The number of carbonyl (C=O) groups is 1. The molecule has 0 heterocycles. The molecule has 1 rings (SSSR count). The number of benzene rings is 1. The third kappa shape index (κ3) is 2.99. The number of aryl methyl sites for hydroxylation is 1. The first-order valence-electron chi connectivity index (χ1n) is 5.38. The quantitative estimate of drug-likeness (QED) is 0.768. The lowest BCUT2D eigenvalue weighted by atomic mass is 10.1. The van der Waals surface area contributed by atoms with Crippen LogP contribution in [0.25, 0.3) is 0 Å². The molecule has 3 nitrogen and oxygen atoms in total. The SMILES string of the molecule is CCOc1cc(CC(C)=O)c(OC)cc1C. The van der Waals surface area contributed by atoms with Crippen LogP contribution in [0.3, 0.4) is 0 Å². The number of Topliss-reactive ketones (excluding diaryl/α,β-unsaturated/α-hetero) is 1. The van der Waals surface area contributed by atoms with Crippen LogP contribution in [0.15, 0.2) is 12.1 Å². The number of ether oxygens (including phenoxy) is 2. The number of hydrogen-bond donors (Lipinski definition) is 0. The number of methoxy groups -OCH3 is 1. The summed E-state index contributed by atoms with van der Waals surface area (Å²) in [6, 6.07) is 3.79. The number of ketones is 1. The van der Waals surface area contributed by atoms with Gasteiger partial charge in [0.05, 0.1) is 13.7 Å². The zero-order valence-electron chi connectivity index (χ0n) is 10.3. The van der Waals surface area contributed by atoms with E-state index >= 15 is 0 Å². The van der Waals surface area contributed by atoms with Crippen molar-refractivity contribution in [3.05, 3.63) is 23.3 Å². The average Bonchev–Trinajstić information content (AvgIpc) is 2.22. The van der Waals surface area contributed by atoms with E-state index < -0.39 is 0 Å². The van der Waals surface area contributed by atoms with Crippen LogP contribution >= 0.6 is 0 Å². The smallest absolute Gasteiger partial charge is 0.134 e. The largest absolute Gasteiger partial charge is 0.496 e. The van der Waals surface area contributed by atoms with Gasteiger partial charge in [-0.3, -0.25) is 4.79 Å². The lowest BCUT2D eigenvalue weighted by molar-refractivity contribution is -0.116. The second kappa shape index (κ2) is 5.54. The van der Waals surface area contributed by atoms with Crippen LogP contribution < -0.4 is 9.47 Å². The molecule has 3 heteroatoms. The standard InChI is InChI=1S/C13H18O3/c1-5-16-12-8-11(7-10(3)14)13(15-4)6-9(12)2/h6,8H,5,7H2,1-4H3. The third-order valence-corrected chi connectivity index (χ3v) is 2.32. The molecule has 0 bridgehead atoms. The van der Waals surface area contributed by atoms with Crippen LogP contribution in [0.1, 0.15) is 25.0 Å². The molecule has 0 atom stereocenters. The van der Waals surface area contributed by atoms with Gasteiger partial charge in [0, 0.05) is 12.0 Å². The summed E-state index contributed by atoms with van der Waals surface area (Å²) in [5.74, 6) is 1.68. The summed E-state index contributed by atoms with van der Waals surface area (Å²) < 4.78 is 10.7. The Morgan fingerprint density at radius 2 is 2.00 bits per heavy atom. The minimum Gasteiger partial charge on any atom is -0.496 e. The van der Waals surface area contributed by atoms with Crippen LogP contribution in [0.4, 0.5) is 0 Å². The Hall–Kier alpha value is -1.51. The maximum absolute atomic E-state index is 11.1. The first-order valence-corrected chi connectivity index (χ1v) is 5.38. The van der Waals surface area contributed by atoms with E-state index in [-0.39, 0.29) is 5.78 Å². The van der Waals surface area contributed by atoms with Gasteiger partial charge in [-0.15, -0.1) is 0 Å². The first-order chi connectivity index (χ1) is 7.58. The molecule has 0 amide bonds. The minimum absolute atomic E-state index is 0.115. The van der Waals surface area contributed by atoms with Crippen LogP contribution in [-0.2, 0) is 11.2 Å². The molecule has 0 spiro atoms. The fourth-order valence-electron chi connectivity index (χ4n) is 1.61. The first kappa shape index (κ1) is 12.6. The summed E-state index contributed by atoms with van der Waals surface area (Å²) >= 11 is 0. The molecule has 1 aromatic rings. The van der Waals surface area contributed by atoms with Crippen LogP contribution in [-0.4, -0.2) is 19.5 Å². The molecule has 0 saturated carbocycles. The molecule has 0 N–H and O–H groups in total. The van der Waals surface area contributed by atoms with Gasteiger partial charge >= 0.3 is 0 Å². The Balaban J connectivity index is 3.12. The monoisotopic (exact) mass is 222 g/mol. The summed E-state index contributed by atoms with van der Waals surface area (Å²) in [7, 11) is 1.61. The molecule has 88 valence electrons. The van der Waals surface area contributed by atoms with Gasteiger partial charge in [0.1, 0.15) is 17.3 Å². The summed E-state index contributed by atoms with van der Waals surface area (Å²) in [4.78, 5) is 11.1. The maximum atomic E-state index is 11.1. The Bertz CT molecular complexity index is 383. The normalized spacial score (nSPS) is 10.0. The van der Waals surface area contributed by atoms with E-state index in [9.17, 15) is 4.79 Å². The van der Waals surface area contributed by atoms with Gasteiger partial charge in [0.2, 0.25) is 0 Å². The average molecular weight is 222 g/mol. The summed E-state index contributed by atoms with van der Waals surface area (Å²) in [5.41, 5.74) is 1.90. The molecule has 0 aliphatic heterocycles. The van der Waals surface area contributed by atoms with Crippen molar-refractivity contribution in [2.24, 2.45) is 0 Å².